The minimum atomic E-state index is 0.103. The predicted molar refractivity (Wildman–Crippen MR) is 197 cm³/mol. The Labute approximate surface area is 271 Å². The third-order valence-electron chi connectivity index (χ3n) is 8.32. The molecule has 3 heteroatoms. The van der Waals surface area contributed by atoms with Crippen molar-refractivity contribution in [1.82, 2.24) is 0 Å². The lowest BCUT2D eigenvalue weighted by molar-refractivity contribution is 0.590. The van der Waals surface area contributed by atoms with Crippen LogP contribution in [0.4, 0.5) is 5.69 Å². The van der Waals surface area contributed by atoms with Crippen LogP contribution in [0.1, 0.15) is 90.1 Å². The van der Waals surface area contributed by atoms with Crippen molar-refractivity contribution in [3.05, 3.63) is 137 Å². The molecule has 0 saturated heterocycles. The molecule has 232 valence electrons. The lowest BCUT2D eigenvalue weighted by Crippen LogP contribution is -2.19. The maximum atomic E-state index is 8.55. The molecule has 0 heterocycles. The Balaban J connectivity index is 0.000000231. The van der Waals surface area contributed by atoms with Crippen LogP contribution >= 0.6 is 0 Å². The third kappa shape index (κ3) is 8.16. The first-order valence-electron chi connectivity index (χ1n) is 15.7. The van der Waals surface area contributed by atoms with Crippen molar-refractivity contribution in [2.24, 2.45) is 0 Å². The third-order valence-corrected chi connectivity index (χ3v) is 8.32. The van der Waals surface area contributed by atoms with Crippen LogP contribution in [0.2, 0.25) is 0 Å². The molecule has 0 aromatic heterocycles. The molecular weight excluding hydrogens is 546 g/mol. The molecule has 0 atom stereocenters. The number of allylic oxidation sites excluding steroid dienone is 4. The maximum Gasteiger partial charge on any atom is 0.0873 e. The van der Waals surface area contributed by atoms with Gasteiger partial charge in [0.25, 0.3) is 0 Å². The van der Waals surface area contributed by atoms with Gasteiger partial charge in [0.15, 0.2) is 0 Å². The standard InChI is InChI=1S/C26H30N2.C16H19N/c1-25(2,3)19-11-7-17(8-12-19)21-15-16-22(24(28)23(21)27)18-9-13-20(14-10-18)26(4,5)6;1-16(2,3)14-8-4-12(5-9-14)13-6-10-15(17)11-7-13/h7-16,27-28H,1-6H3;4-11H,17H2,1-3H3. The average molecular weight is 596 g/mol. The second kappa shape index (κ2) is 12.9. The second-order valence-electron chi connectivity index (χ2n) is 15.0. The molecule has 4 aromatic rings. The number of nitrogens with two attached hydrogens (primary N) is 1. The van der Waals surface area contributed by atoms with Crippen LogP contribution in [-0.2, 0) is 16.2 Å². The first-order chi connectivity index (χ1) is 20.9. The maximum absolute atomic E-state index is 8.55. The van der Waals surface area contributed by atoms with Crippen LogP contribution in [0.5, 0.6) is 0 Å². The monoisotopic (exact) mass is 595 g/mol. The fourth-order valence-electron chi connectivity index (χ4n) is 5.22. The lowest BCUT2D eigenvalue weighted by Gasteiger charge is -2.22. The van der Waals surface area contributed by atoms with Gasteiger partial charge in [-0.1, -0.05) is 159 Å². The van der Waals surface area contributed by atoms with Crippen LogP contribution in [0.15, 0.2) is 109 Å². The number of benzene rings is 4. The molecule has 45 heavy (non-hydrogen) atoms. The fraction of sp³-hybridized carbons (Fsp3) is 0.286. The molecule has 3 nitrogen and oxygen atoms in total. The number of nitrogens with one attached hydrogen (secondary N) is 2. The molecule has 1 aliphatic rings. The van der Waals surface area contributed by atoms with Gasteiger partial charge in [-0.2, -0.15) is 0 Å². The highest BCUT2D eigenvalue weighted by molar-refractivity contribution is 6.68. The lowest BCUT2D eigenvalue weighted by atomic mass is 9.82. The minimum absolute atomic E-state index is 0.103. The Morgan fingerprint density at radius 3 is 0.889 bits per heavy atom. The van der Waals surface area contributed by atoms with E-state index in [-0.39, 0.29) is 27.7 Å². The summed E-state index contributed by atoms with van der Waals surface area (Å²) in [5, 5.41) is 17.1. The van der Waals surface area contributed by atoms with E-state index in [2.05, 4.69) is 147 Å². The highest BCUT2D eigenvalue weighted by Crippen LogP contribution is 2.31. The van der Waals surface area contributed by atoms with E-state index in [1.165, 1.54) is 27.8 Å². The van der Waals surface area contributed by atoms with E-state index in [1.54, 1.807) is 0 Å². The molecule has 0 radical (unpaired) electrons. The molecule has 4 aromatic carbocycles. The molecule has 0 saturated carbocycles. The van der Waals surface area contributed by atoms with Gasteiger partial charge in [-0.15, -0.1) is 0 Å². The molecule has 0 aliphatic heterocycles. The van der Waals surface area contributed by atoms with Gasteiger partial charge in [-0.25, -0.2) is 0 Å². The van der Waals surface area contributed by atoms with Crippen LogP contribution in [0.3, 0.4) is 0 Å². The van der Waals surface area contributed by atoms with Gasteiger partial charge in [-0.3, -0.25) is 10.8 Å². The summed E-state index contributed by atoms with van der Waals surface area (Å²) in [5.41, 5.74) is 17.4. The van der Waals surface area contributed by atoms with Gasteiger partial charge >= 0.3 is 0 Å². The van der Waals surface area contributed by atoms with E-state index in [4.69, 9.17) is 16.6 Å². The topological polar surface area (TPSA) is 73.7 Å². The van der Waals surface area contributed by atoms with Crippen molar-refractivity contribution < 1.29 is 0 Å². The van der Waals surface area contributed by atoms with Gasteiger partial charge in [-0.05, 0) is 67.3 Å². The number of rotatable bonds is 3. The Kier molecular flexibility index (Phi) is 9.54. The zero-order chi connectivity index (χ0) is 33.2. The SMILES string of the molecule is CC(C)(C)c1ccc(-c2ccc(N)cc2)cc1.CC(C)(C)c1ccc(C2=CC=C(c3ccc(C(C)(C)C)cc3)C(=N)C2=N)cc1. The average Bonchev–Trinajstić information content (AvgIpc) is 2.98. The van der Waals surface area contributed by atoms with Crippen LogP contribution in [0.25, 0.3) is 22.3 Å². The Morgan fingerprint density at radius 2 is 0.622 bits per heavy atom. The van der Waals surface area contributed by atoms with Gasteiger partial charge in [0.2, 0.25) is 0 Å². The normalized spacial score (nSPS) is 13.9. The summed E-state index contributed by atoms with van der Waals surface area (Å²) in [5.74, 6) is 0. The highest BCUT2D eigenvalue weighted by Gasteiger charge is 2.23. The molecule has 0 amide bonds. The molecule has 1 aliphatic carbocycles. The Morgan fingerprint density at radius 1 is 0.378 bits per heavy atom. The molecule has 0 spiro atoms. The number of hydrogen-bond acceptors (Lipinski definition) is 3. The van der Waals surface area contributed by atoms with E-state index in [1.807, 2.05) is 24.3 Å². The minimum Gasteiger partial charge on any atom is -0.399 e. The summed E-state index contributed by atoms with van der Waals surface area (Å²) in [6, 6.07) is 33.5. The van der Waals surface area contributed by atoms with Crippen LogP contribution < -0.4 is 5.73 Å². The van der Waals surface area contributed by atoms with Crippen molar-refractivity contribution >= 4 is 28.3 Å². The largest absolute Gasteiger partial charge is 0.399 e. The molecule has 0 unspecified atom stereocenters. The summed E-state index contributed by atoms with van der Waals surface area (Å²) in [7, 11) is 0. The van der Waals surface area contributed by atoms with Crippen LogP contribution in [-0.4, -0.2) is 11.4 Å². The fourth-order valence-corrected chi connectivity index (χ4v) is 5.22. The smallest absolute Gasteiger partial charge is 0.0873 e. The van der Waals surface area contributed by atoms with Crippen molar-refractivity contribution in [2.45, 2.75) is 78.6 Å². The molecule has 4 N–H and O–H groups in total. The quantitative estimate of drug-likeness (QED) is 0.160. The summed E-state index contributed by atoms with van der Waals surface area (Å²) in [6.07, 6.45) is 3.94. The van der Waals surface area contributed by atoms with Gasteiger partial charge in [0, 0.05) is 16.8 Å². The zero-order valence-electron chi connectivity index (χ0n) is 28.5. The summed E-state index contributed by atoms with van der Waals surface area (Å²) in [4.78, 5) is 0. The first kappa shape index (κ1) is 33.4. The van der Waals surface area contributed by atoms with Gasteiger partial charge in [0.1, 0.15) is 0 Å². The van der Waals surface area contributed by atoms with E-state index in [9.17, 15) is 0 Å². The van der Waals surface area contributed by atoms with E-state index < -0.39 is 0 Å². The number of hydrogen-bond donors (Lipinski definition) is 3. The van der Waals surface area contributed by atoms with Crippen molar-refractivity contribution in [2.75, 3.05) is 5.73 Å². The number of anilines is 1. The van der Waals surface area contributed by atoms with E-state index in [0.717, 1.165) is 28.0 Å². The molecular formula is C42H49N3. The van der Waals surface area contributed by atoms with Gasteiger partial charge in [0.05, 0.1) is 11.4 Å². The zero-order valence-corrected chi connectivity index (χ0v) is 28.5. The summed E-state index contributed by atoms with van der Waals surface area (Å²) >= 11 is 0. The number of nitrogen functional groups attached to an aromatic ring is 1. The van der Waals surface area contributed by atoms with Crippen LogP contribution in [0, 0.1) is 10.8 Å². The second-order valence-corrected chi connectivity index (χ2v) is 15.0. The summed E-state index contributed by atoms with van der Waals surface area (Å²) in [6.45, 7) is 19.8. The Hall–Kier alpha value is -4.50. The summed E-state index contributed by atoms with van der Waals surface area (Å²) < 4.78 is 0. The van der Waals surface area contributed by atoms with Gasteiger partial charge < -0.3 is 5.73 Å². The molecule has 0 bridgehead atoms. The van der Waals surface area contributed by atoms with Crippen molar-refractivity contribution in [1.29, 1.82) is 10.8 Å². The van der Waals surface area contributed by atoms with E-state index >= 15 is 0 Å². The molecule has 0 fully saturated rings. The Bertz CT molecular complexity index is 1630. The van der Waals surface area contributed by atoms with Crippen molar-refractivity contribution in [3.8, 4) is 11.1 Å². The first-order valence-corrected chi connectivity index (χ1v) is 15.7. The highest BCUT2D eigenvalue weighted by atomic mass is 14.6. The van der Waals surface area contributed by atoms with Crippen molar-refractivity contribution in [3.63, 3.8) is 0 Å². The predicted octanol–water partition coefficient (Wildman–Crippen LogP) is 11.0. The molecule has 5 rings (SSSR count). The van der Waals surface area contributed by atoms with E-state index in [0.29, 0.717) is 0 Å².